The topological polar surface area (TPSA) is 82.6 Å². The van der Waals surface area contributed by atoms with E-state index in [1.54, 1.807) is 16.9 Å². The van der Waals surface area contributed by atoms with Gasteiger partial charge in [0.25, 0.3) is 0 Å². The lowest BCUT2D eigenvalue weighted by Gasteiger charge is -2.31. The van der Waals surface area contributed by atoms with Crippen molar-refractivity contribution in [2.75, 3.05) is 6.54 Å². The van der Waals surface area contributed by atoms with Crippen LogP contribution in [-0.2, 0) is 22.7 Å². The standard InChI is InChI=1S/C27H29N3O4S/c1-18-4-6-19(7-5-18)16-29-23-12-14-35-24(23)26(32)30(27(29)33)17-20-8-10-21(11-9-20)25(31)28-15-22-3-2-13-34-22/h2-7,12-14,20-21,24H,8-11,15-17H2,1H3/p+1. The van der Waals surface area contributed by atoms with Crippen molar-refractivity contribution in [3.8, 4) is 0 Å². The zero-order chi connectivity index (χ0) is 24.4. The largest absolute Gasteiger partial charge is 0.501 e. The van der Waals surface area contributed by atoms with Crippen molar-refractivity contribution >= 4 is 35.3 Å². The van der Waals surface area contributed by atoms with Gasteiger partial charge in [-0.1, -0.05) is 29.8 Å². The van der Waals surface area contributed by atoms with Crippen LogP contribution in [0, 0.1) is 18.8 Å². The molecule has 0 saturated heterocycles. The lowest BCUT2D eigenvalue weighted by molar-refractivity contribution is -0.454. The van der Waals surface area contributed by atoms with Gasteiger partial charge in [-0.3, -0.25) is 4.79 Å². The molecule has 1 aromatic carbocycles. The molecule has 0 bridgehead atoms. The average Bonchev–Trinajstić information content (AvgIpc) is 3.57. The summed E-state index contributed by atoms with van der Waals surface area (Å²) in [7, 11) is 0. The van der Waals surface area contributed by atoms with Crippen molar-refractivity contribution in [2.24, 2.45) is 11.8 Å². The first-order chi connectivity index (χ1) is 17.0. The monoisotopic (exact) mass is 492 g/mol. The Morgan fingerprint density at radius 1 is 1.14 bits per heavy atom. The van der Waals surface area contributed by atoms with Gasteiger partial charge in [-0.25, -0.2) is 4.79 Å². The van der Waals surface area contributed by atoms with E-state index in [9.17, 15) is 14.4 Å². The van der Waals surface area contributed by atoms with Crippen molar-refractivity contribution in [2.45, 2.75) is 50.9 Å². The number of hydrogen-bond donors (Lipinski definition) is 1. The number of benzene rings is 1. The summed E-state index contributed by atoms with van der Waals surface area (Å²) in [6, 6.07) is 11.5. The summed E-state index contributed by atoms with van der Waals surface area (Å²) < 4.78 is 7.03. The molecular weight excluding hydrogens is 462 g/mol. The molecule has 2 aliphatic heterocycles. The highest BCUT2D eigenvalue weighted by Gasteiger charge is 2.49. The van der Waals surface area contributed by atoms with Crippen LogP contribution in [-0.4, -0.2) is 44.8 Å². The normalized spacial score (nSPS) is 24.1. The zero-order valence-corrected chi connectivity index (χ0v) is 20.6. The quantitative estimate of drug-likeness (QED) is 0.584. The number of amides is 4. The minimum absolute atomic E-state index is 0.0402. The molecule has 0 spiro atoms. The molecule has 1 aromatic heterocycles. The molecule has 4 amide bonds. The highest BCUT2D eigenvalue weighted by atomic mass is 32.2. The Bertz CT molecular complexity index is 1160. The second-order valence-corrected chi connectivity index (χ2v) is 10.6. The summed E-state index contributed by atoms with van der Waals surface area (Å²) in [5.74, 6) is 0.820. The first-order valence-corrected chi connectivity index (χ1v) is 13.1. The van der Waals surface area contributed by atoms with Crippen molar-refractivity contribution in [1.29, 1.82) is 0 Å². The molecule has 1 fully saturated rings. The van der Waals surface area contributed by atoms with Crippen LogP contribution in [0.25, 0.3) is 0 Å². The van der Waals surface area contributed by atoms with Crippen LogP contribution < -0.4 is 5.32 Å². The van der Waals surface area contributed by atoms with Crippen LogP contribution in [0.3, 0.4) is 0 Å². The SMILES string of the molecule is Cc1ccc(C[N+]2=C3C=CSC3C(=O)N(CC3CCC(C(=O)NCc4ccco4)CC3)C2=O)cc1. The van der Waals surface area contributed by atoms with Crippen molar-refractivity contribution < 1.29 is 23.4 Å². The minimum Gasteiger partial charge on any atom is -0.467 e. The summed E-state index contributed by atoms with van der Waals surface area (Å²) in [6.07, 6.45) is 6.65. The maximum Gasteiger partial charge on any atom is 0.501 e. The Hall–Kier alpha value is -3.13. The smallest absolute Gasteiger partial charge is 0.467 e. The number of thioether (sulfide) groups is 1. The summed E-state index contributed by atoms with van der Waals surface area (Å²) in [6.45, 7) is 3.29. The highest BCUT2D eigenvalue weighted by Crippen LogP contribution is 2.33. The number of imide groups is 1. The van der Waals surface area contributed by atoms with Crippen molar-refractivity contribution in [3.05, 3.63) is 71.0 Å². The second kappa shape index (κ2) is 10.2. The fourth-order valence-corrected chi connectivity index (χ4v) is 6.02. The van der Waals surface area contributed by atoms with E-state index in [0.29, 0.717) is 19.6 Å². The number of carbonyl (C=O) groups excluding carboxylic acids is 3. The molecule has 1 N–H and O–H groups in total. The number of nitrogens with zero attached hydrogens (tertiary/aromatic N) is 2. The Labute approximate surface area is 209 Å². The van der Waals surface area contributed by atoms with Gasteiger partial charge in [-0.05, 0) is 67.7 Å². The molecule has 35 heavy (non-hydrogen) atoms. The molecule has 1 aliphatic carbocycles. The molecule has 3 heterocycles. The summed E-state index contributed by atoms with van der Waals surface area (Å²) in [5.41, 5.74) is 2.98. The van der Waals surface area contributed by atoms with Crippen LogP contribution in [0.5, 0.6) is 0 Å². The highest BCUT2D eigenvalue weighted by molar-refractivity contribution is 8.04. The molecule has 7 nitrogen and oxygen atoms in total. The van der Waals surface area contributed by atoms with Crippen LogP contribution in [0.2, 0.25) is 0 Å². The summed E-state index contributed by atoms with van der Waals surface area (Å²) in [5, 5.41) is 4.50. The van der Waals surface area contributed by atoms with E-state index in [-0.39, 0.29) is 34.9 Å². The predicted octanol–water partition coefficient (Wildman–Crippen LogP) is 4.26. The molecule has 1 unspecified atom stereocenters. The fourth-order valence-electron chi connectivity index (χ4n) is 5.05. The van der Waals surface area contributed by atoms with Gasteiger partial charge in [-0.2, -0.15) is 14.3 Å². The molecule has 182 valence electrons. The third kappa shape index (κ3) is 5.12. The van der Waals surface area contributed by atoms with Gasteiger partial charge in [0.1, 0.15) is 24.6 Å². The number of furan rings is 1. The molecule has 5 rings (SSSR count). The van der Waals surface area contributed by atoms with Gasteiger partial charge in [0.15, 0.2) is 5.25 Å². The maximum atomic E-state index is 13.5. The van der Waals surface area contributed by atoms with Gasteiger partial charge < -0.3 is 9.73 Å². The van der Waals surface area contributed by atoms with Crippen LogP contribution in [0.1, 0.15) is 42.6 Å². The molecule has 2 aromatic rings. The van der Waals surface area contributed by atoms with Gasteiger partial charge in [0.05, 0.1) is 12.8 Å². The van der Waals surface area contributed by atoms with E-state index in [4.69, 9.17) is 4.42 Å². The Morgan fingerprint density at radius 2 is 1.91 bits per heavy atom. The van der Waals surface area contributed by atoms with Gasteiger partial charge in [0, 0.05) is 5.92 Å². The molecule has 8 heteroatoms. The first kappa shape index (κ1) is 23.6. The maximum absolute atomic E-state index is 13.5. The van der Waals surface area contributed by atoms with E-state index < -0.39 is 0 Å². The predicted molar refractivity (Wildman–Crippen MR) is 134 cm³/mol. The number of aryl methyl sites for hydroxylation is 1. The van der Waals surface area contributed by atoms with E-state index in [1.165, 1.54) is 22.2 Å². The van der Waals surface area contributed by atoms with Crippen molar-refractivity contribution in [3.63, 3.8) is 0 Å². The van der Waals surface area contributed by atoms with Gasteiger partial charge >= 0.3 is 11.9 Å². The van der Waals surface area contributed by atoms with E-state index in [0.717, 1.165) is 42.7 Å². The summed E-state index contributed by atoms with van der Waals surface area (Å²) in [4.78, 5) is 40.7. The molecule has 0 radical (unpaired) electrons. The summed E-state index contributed by atoms with van der Waals surface area (Å²) >= 11 is 1.46. The van der Waals surface area contributed by atoms with Crippen molar-refractivity contribution in [1.82, 2.24) is 10.2 Å². The number of fused-ring (bicyclic) bond motifs is 1. The lowest BCUT2D eigenvalue weighted by atomic mass is 9.81. The number of rotatable bonds is 7. The average molecular weight is 493 g/mol. The molecule has 1 saturated carbocycles. The van der Waals surface area contributed by atoms with Crippen LogP contribution in [0.4, 0.5) is 4.79 Å². The number of allylic oxidation sites excluding steroid dienone is 1. The third-order valence-corrected chi connectivity index (χ3v) is 8.13. The second-order valence-electron chi connectivity index (χ2n) is 9.56. The minimum atomic E-state index is -0.359. The Morgan fingerprint density at radius 3 is 2.63 bits per heavy atom. The van der Waals surface area contributed by atoms with E-state index in [1.807, 2.05) is 48.7 Å². The Balaban J connectivity index is 1.21. The van der Waals surface area contributed by atoms with Crippen LogP contribution in [0.15, 0.2) is 58.6 Å². The van der Waals surface area contributed by atoms with E-state index in [2.05, 4.69) is 5.32 Å². The molecular formula is C27H30N3O4S+. The third-order valence-electron chi connectivity index (χ3n) is 7.12. The number of carbonyl (C=O) groups is 3. The molecule has 3 aliphatic rings. The Kier molecular flexibility index (Phi) is 6.90. The molecule has 1 atom stereocenters. The van der Waals surface area contributed by atoms with Gasteiger partial charge in [-0.15, -0.1) is 11.8 Å². The lowest BCUT2D eigenvalue weighted by Crippen LogP contribution is -2.56. The van der Waals surface area contributed by atoms with Crippen LogP contribution >= 0.6 is 11.8 Å². The van der Waals surface area contributed by atoms with Gasteiger partial charge in [0.2, 0.25) is 5.91 Å². The fraction of sp³-hybridized carbons (Fsp3) is 0.407. The zero-order valence-electron chi connectivity index (χ0n) is 19.8. The number of hydrogen-bond acceptors (Lipinski definition) is 5. The van der Waals surface area contributed by atoms with E-state index >= 15 is 0 Å². The first-order valence-electron chi connectivity index (χ1n) is 12.2. The number of nitrogens with one attached hydrogen (secondary N) is 1. The number of urea groups is 1.